The van der Waals surface area contributed by atoms with E-state index >= 15 is 0 Å². The molecule has 83 heavy (non-hydrogen) atoms. The van der Waals surface area contributed by atoms with Gasteiger partial charge in [0.25, 0.3) is 0 Å². The summed E-state index contributed by atoms with van der Waals surface area (Å²) in [6, 6.07) is 0. The highest BCUT2D eigenvalue weighted by molar-refractivity contribution is 5.71. The molecule has 6 heteroatoms. The van der Waals surface area contributed by atoms with Gasteiger partial charge in [0.05, 0.1) is 0 Å². The molecule has 0 heterocycles. The summed E-state index contributed by atoms with van der Waals surface area (Å²) in [6.45, 7) is 6.70. The second-order valence-electron chi connectivity index (χ2n) is 25.2. The van der Waals surface area contributed by atoms with Gasteiger partial charge in [-0.3, -0.25) is 14.4 Å². The molecule has 0 bridgehead atoms. The summed E-state index contributed by atoms with van der Waals surface area (Å²) < 4.78 is 17.0. The molecule has 0 aromatic heterocycles. The largest absolute Gasteiger partial charge is 0.462 e. The van der Waals surface area contributed by atoms with Gasteiger partial charge in [0.15, 0.2) is 6.10 Å². The number of hydrogen-bond donors (Lipinski definition) is 0. The Morgan fingerprint density at radius 3 is 0.687 bits per heavy atom. The molecule has 0 saturated carbocycles. The van der Waals surface area contributed by atoms with Crippen molar-refractivity contribution in [3.63, 3.8) is 0 Å². The Morgan fingerprint density at radius 1 is 0.241 bits per heavy atom. The van der Waals surface area contributed by atoms with Gasteiger partial charge in [0.1, 0.15) is 13.2 Å². The maximum Gasteiger partial charge on any atom is 0.306 e. The van der Waals surface area contributed by atoms with Crippen molar-refractivity contribution in [3.8, 4) is 0 Å². The summed E-state index contributed by atoms with van der Waals surface area (Å²) in [4.78, 5) is 38.5. The van der Waals surface area contributed by atoms with E-state index in [0.29, 0.717) is 19.3 Å². The van der Waals surface area contributed by atoms with Crippen LogP contribution >= 0.6 is 0 Å². The monoisotopic (exact) mass is 1160 g/mol. The van der Waals surface area contributed by atoms with Crippen LogP contribution in [0.5, 0.6) is 0 Å². The van der Waals surface area contributed by atoms with Crippen molar-refractivity contribution in [2.75, 3.05) is 13.2 Å². The third kappa shape index (κ3) is 70.0. The Balaban J connectivity index is 4.28. The molecule has 0 aliphatic heterocycles. The minimum absolute atomic E-state index is 0.0691. The Bertz CT molecular complexity index is 1430. The second kappa shape index (κ2) is 71.8. The summed E-state index contributed by atoms with van der Waals surface area (Å²) >= 11 is 0. The second-order valence-corrected chi connectivity index (χ2v) is 25.2. The van der Waals surface area contributed by atoms with E-state index in [0.717, 1.165) is 70.6 Å². The Kier molecular flexibility index (Phi) is 69.6. The van der Waals surface area contributed by atoms with E-state index in [1.807, 2.05) is 0 Å². The lowest BCUT2D eigenvalue weighted by Crippen LogP contribution is -2.30. The fourth-order valence-electron chi connectivity index (χ4n) is 11.2. The molecule has 0 amide bonds. The summed E-state index contributed by atoms with van der Waals surface area (Å²) in [6.07, 6.45) is 91.4. The zero-order valence-electron chi connectivity index (χ0n) is 56.0. The molecule has 486 valence electrons. The highest BCUT2D eigenvalue weighted by Gasteiger charge is 2.19. The van der Waals surface area contributed by atoms with Crippen LogP contribution < -0.4 is 0 Å². The lowest BCUT2D eigenvalue weighted by atomic mass is 10.0. The number of rotatable bonds is 69. The smallest absolute Gasteiger partial charge is 0.306 e. The van der Waals surface area contributed by atoms with Crippen LogP contribution in [-0.4, -0.2) is 37.2 Å². The van der Waals surface area contributed by atoms with Crippen molar-refractivity contribution in [1.82, 2.24) is 0 Å². The number of hydrogen-bond acceptors (Lipinski definition) is 6. The van der Waals surface area contributed by atoms with Crippen molar-refractivity contribution < 1.29 is 28.6 Å². The average Bonchev–Trinajstić information content (AvgIpc) is 3.49. The predicted molar refractivity (Wildman–Crippen MR) is 362 cm³/mol. The number of carbonyl (C=O) groups excluding carboxylic acids is 3. The molecule has 0 aliphatic carbocycles. The first-order valence-electron chi connectivity index (χ1n) is 37.1. The fraction of sp³-hybridized carbons (Fsp3) is 0.857. The van der Waals surface area contributed by atoms with Gasteiger partial charge >= 0.3 is 17.9 Å². The number of esters is 3. The van der Waals surface area contributed by atoms with Gasteiger partial charge in [-0.15, -0.1) is 0 Å². The third-order valence-corrected chi connectivity index (χ3v) is 16.8. The van der Waals surface area contributed by atoms with Gasteiger partial charge < -0.3 is 14.2 Å². The van der Waals surface area contributed by atoms with Crippen molar-refractivity contribution in [1.29, 1.82) is 0 Å². The van der Waals surface area contributed by atoms with E-state index in [4.69, 9.17) is 14.2 Å². The SMILES string of the molecule is CCCCCCC/C=C\C/C=C\C/C=C\CCCCCCCCCCCCC(=O)OCC(COC(=O)CCCCCCCCCCCCCCCCC)OC(=O)CCCCCCCCCCCCCCC/C=C\CCCCCCCCCC. The normalized spacial score (nSPS) is 12.3. The molecule has 0 aromatic carbocycles. The lowest BCUT2D eigenvalue weighted by molar-refractivity contribution is -0.167. The van der Waals surface area contributed by atoms with Crippen molar-refractivity contribution >= 4 is 17.9 Å². The molecule has 0 rings (SSSR count). The quantitative estimate of drug-likeness (QED) is 0.0261. The van der Waals surface area contributed by atoms with Crippen LogP contribution in [-0.2, 0) is 28.6 Å². The number of unbranched alkanes of at least 4 members (excludes halogenated alkanes) is 50. The highest BCUT2D eigenvalue weighted by atomic mass is 16.6. The van der Waals surface area contributed by atoms with Gasteiger partial charge in [-0.25, -0.2) is 0 Å². The van der Waals surface area contributed by atoms with E-state index in [2.05, 4.69) is 69.4 Å². The maximum absolute atomic E-state index is 13.0. The summed E-state index contributed by atoms with van der Waals surface area (Å²) in [5.41, 5.74) is 0. The Labute approximate surface area is 518 Å². The molecule has 0 radical (unpaired) electrons. The van der Waals surface area contributed by atoms with E-state index in [-0.39, 0.29) is 31.1 Å². The fourth-order valence-corrected chi connectivity index (χ4v) is 11.2. The Hall–Kier alpha value is -2.63. The van der Waals surface area contributed by atoms with Crippen LogP contribution in [0.15, 0.2) is 48.6 Å². The van der Waals surface area contributed by atoms with Crippen LogP contribution in [0.1, 0.15) is 406 Å². The molecule has 0 aliphatic rings. The minimum atomic E-state index is -0.774. The first-order chi connectivity index (χ1) is 41.0. The highest BCUT2D eigenvalue weighted by Crippen LogP contribution is 2.18. The van der Waals surface area contributed by atoms with Gasteiger partial charge in [-0.1, -0.05) is 352 Å². The van der Waals surface area contributed by atoms with Crippen molar-refractivity contribution in [3.05, 3.63) is 48.6 Å². The van der Waals surface area contributed by atoms with Crippen LogP contribution in [0.25, 0.3) is 0 Å². The molecule has 1 unspecified atom stereocenters. The van der Waals surface area contributed by atoms with E-state index in [9.17, 15) is 14.4 Å². The molecule has 0 aromatic rings. The van der Waals surface area contributed by atoms with Gasteiger partial charge in [0, 0.05) is 19.3 Å². The molecule has 6 nitrogen and oxygen atoms in total. The average molecular weight is 1160 g/mol. The summed E-state index contributed by atoms with van der Waals surface area (Å²) in [7, 11) is 0. The summed E-state index contributed by atoms with van der Waals surface area (Å²) in [5, 5.41) is 0. The zero-order chi connectivity index (χ0) is 59.9. The minimum Gasteiger partial charge on any atom is -0.462 e. The predicted octanol–water partition coefficient (Wildman–Crippen LogP) is 25.7. The van der Waals surface area contributed by atoms with E-state index in [1.165, 1.54) is 295 Å². The number of allylic oxidation sites excluding steroid dienone is 8. The van der Waals surface area contributed by atoms with Crippen molar-refractivity contribution in [2.45, 2.75) is 412 Å². The molecule has 0 spiro atoms. The molecule has 0 saturated heterocycles. The van der Waals surface area contributed by atoms with E-state index in [1.54, 1.807) is 0 Å². The van der Waals surface area contributed by atoms with Gasteiger partial charge in [-0.2, -0.15) is 0 Å². The summed E-state index contributed by atoms with van der Waals surface area (Å²) in [5.74, 6) is -0.843. The van der Waals surface area contributed by atoms with Gasteiger partial charge in [-0.05, 0) is 83.5 Å². The molecular weight excluding hydrogens is 1020 g/mol. The molecule has 0 fully saturated rings. The topological polar surface area (TPSA) is 78.9 Å². The lowest BCUT2D eigenvalue weighted by Gasteiger charge is -2.18. The van der Waals surface area contributed by atoms with E-state index < -0.39 is 6.10 Å². The molecule has 1 atom stereocenters. The standard InChI is InChI=1S/C77H142O6/c1-4-7-10-13-16-19-22-25-28-30-32-34-36-38-40-42-44-46-49-52-55-58-61-64-67-70-76(79)82-73-74(72-81-75(78)69-66-63-60-57-54-51-48-27-24-21-18-15-12-9-6-3)83-77(80)71-68-65-62-59-56-53-50-47-45-43-41-39-37-35-33-31-29-26-23-20-17-14-11-8-5-2/h22,25,30-33,36,38,74H,4-21,23-24,26-29,34-35,37,39-73H2,1-3H3/b25-22-,32-30-,33-31-,38-36-. The van der Waals surface area contributed by atoms with Crippen LogP contribution in [0.2, 0.25) is 0 Å². The Morgan fingerprint density at radius 2 is 0.434 bits per heavy atom. The molecule has 0 N–H and O–H groups in total. The first kappa shape index (κ1) is 80.4. The van der Waals surface area contributed by atoms with Crippen LogP contribution in [0, 0.1) is 0 Å². The number of carbonyl (C=O) groups is 3. The molecular formula is C77H142O6. The number of ether oxygens (including phenoxy) is 3. The van der Waals surface area contributed by atoms with Crippen molar-refractivity contribution in [2.24, 2.45) is 0 Å². The van der Waals surface area contributed by atoms with Crippen LogP contribution in [0.4, 0.5) is 0 Å². The van der Waals surface area contributed by atoms with Gasteiger partial charge in [0.2, 0.25) is 0 Å². The zero-order valence-corrected chi connectivity index (χ0v) is 56.0. The first-order valence-corrected chi connectivity index (χ1v) is 37.1. The maximum atomic E-state index is 13.0. The van der Waals surface area contributed by atoms with Crippen LogP contribution in [0.3, 0.4) is 0 Å². The third-order valence-electron chi connectivity index (χ3n) is 16.8.